The Hall–Kier alpha value is -2.16. The van der Waals surface area contributed by atoms with E-state index >= 15 is 0 Å². The molecule has 1 aliphatic rings. The van der Waals surface area contributed by atoms with Crippen molar-refractivity contribution in [2.24, 2.45) is 5.92 Å². The summed E-state index contributed by atoms with van der Waals surface area (Å²) in [5.74, 6) is -1.10. The lowest BCUT2D eigenvalue weighted by Crippen LogP contribution is -2.50. The first kappa shape index (κ1) is 14.3. The number of H-pyrrole nitrogens is 1. The number of rotatable bonds is 5. The van der Waals surface area contributed by atoms with E-state index in [4.69, 9.17) is 9.84 Å². The third kappa shape index (κ3) is 3.05. The Bertz CT molecular complexity index is 463. The number of aromatic amines is 1. The van der Waals surface area contributed by atoms with Gasteiger partial charge in [0.15, 0.2) is 0 Å². The minimum atomic E-state index is -0.950. The number of likely N-dealkylation sites (N-methyl/N-ethyl adjacent to an activating group) is 1. The van der Waals surface area contributed by atoms with Crippen molar-refractivity contribution in [3.8, 4) is 0 Å². The third-order valence-corrected chi connectivity index (χ3v) is 3.24. The number of amides is 2. The summed E-state index contributed by atoms with van der Waals surface area (Å²) >= 11 is 0. The fourth-order valence-corrected chi connectivity index (χ4v) is 2.19. The molecule has 2 rings (SSSR count). The van der Waals surface area contributed by atoms with E-state index in [9.17, 15) is 9.59 Å². The number of urea groups is 1. The van der Waals surface area contributed by atoms with E-state index in [0.29, 0.717) is 12.4 Å². The quantitative estimate of drug-likeness (QED) is 0.666. The van der Waals surface area contributed by atoms with Gasteiger partial charge in [-0.05, 0) is 6.92 Å². The average Bonchev–Trinajstić information content (AvgIpc) is 3.08. The molecule has 9 nitrogen and oxygen atoms in total. The molecule has 1 aromatic heterocycles. The van der Waals surface area contributed by atoms with E-state index in [-0.39, 0.29) is 25.8 Å². The van der Waals surface area contributed by atoms with E-state index in [1.165, 1.54) is 11.2 Å². The lowest BCUT2D eigenvalue weighted by Gasteiger charge is -2.29. The molecule has 2 amide bonds. The highest BCUT2D eigenvalue weighted by molar-refractivity contribution is 5.77. The standard InChI is InChI=1S/C11H17N5O4/c1-2-16(8-5-20-4-7(8)10(17)18)11(19)12-3-9-13-6-14-15-9/h6-8H,2-5H2,1H3,(H,12,19)(H,17,18)(H,13,14,15). The number of ether oxygens (including phenoxy) is 1. The number of carboxylic acid groups (broad SMARTS) is 1. The SMILES string of the molecule is CCN(C(=O)NCc1ncn[nH]1)C1COCC1C(=O)O. The van der Waals surface area contributed by atoms with Crippen molar-refractivity contribution in [3.05, 3.63) is 12.2 Å². The number of aliphatic carboxylic acids is 1. The maximum Gasteiger partial charge on any atom is 0.318 e. The number of carbonyl (C=O) groups is 2. The van der Waals surface area contributed by atoms with Crippen molar-refractivity contribution < 1.29 is 19.4 Å². The number of hydrogen-bond donors (Lipinski definition) is 3. The number of nitrogens with zero attached hydrogens (tertiary/aromatic N) is 3. The van der Waals surface area contributed by atoms with Crippen LogP contribution in [0, 0.1) is 5.92 Å². The normalized spacial score (nSPS) is 21.6. The Kier molecular flexibility index (Phi) is 4.51. The zero-order chi connectivity index (χ0) is 14.5. The van der Waals surface area contributed by atoms with Crippen LogP contribution in [0.4, 0.5) is 4.79 Å². The molecule has 110 valence electrons. The van der Waals surface area contributed by atoms with Gasteiger partial charge in [-0.3, -0.25) is 9.89 Å². The van der Waals surface area contributed by atoms with Crippen LogP contribution in [0.5, 0.6) is 0 Å². The molecule has 1 saturated heterocycles. The van der Waals surface area contributed by atoms with Crippen LogP contribution in [-0.4, -0.2) is 63.0 Å². The molecule has 2 atom stereocenters. The van der Waals surface area contributed by atoms with Gasteiger partial charge in [-0.1, -0.05) is 0 Å². The van der Waals surface area contributed by atoms with Crippen molar-refractivity contribution in [1.82, 2.24) is 25.4 Å². The van der Waals surface area contributed by atoms with Gasteiger partial charge < -0.3 is 20.1 Å². The van der Waals surface area contributed by atoms with E-state index in [2.05, 4.69) is 20.5 Å². The highest BCUT2D eigenvalue weighted by Gasteiger charge is 2.39. The second-order valence-electron chi connectivity index (χ2n) is 4.43. The molecule has 2 heterocycles. The molecule has 1 aliphatic heterocycles. The zero-order valence-corrected chi connectivity index (χ0v) is 11.1. The molecule has 0 aliphatic carbocycles. The van der Waals surface area contributed by atoms with Gasteiger partial charge in [0, 0.05) is 6.54 Å². The van der Waals surface area contributed by atoms with Gasteiger partial charge in [-0.2, -0.15) is 5.10 Å². The molecule has 3 N–H and O–H groups in total. The fraction of sp³-hybridized carbons (Fsp3) is 0.636. The Morgan fingerprint density at radius 2 is 2.40 bits per heavy atom. The van der Waals surface area contributed by atoms with Crippen LogP contribution < -0.4 is 5.32 Å². The number of aromatic nitrogens is 3. The summed E-state index contributed by atoms with van der Waals surface area (Å²) in [6, 6.07) is -0.794. The van der Waals surface area contributed by atoms with Gasteiger partial charge >= 0.3 is 12.0 Å². The van der Waals surface area contributed by atoms with Crippen LogP contribution in [0.25, 0.3) is 0 Å². The van der Waals surface area contributed by atoms with Gasteiger partial charge in [0.1, 0.15) is 18.1 Å². The first-order valence-electron chi connectivity index (χ1n) is 6.32. The molecule has 1 fully saturated rings. The van der Waals surface area contributed by atoms with E-state index in [1.807, 2.05) is 0 Å². The minimum absolute atomic E-state index is 0.131. The lowest BCUT2D eigenvalue weighted by atomic mass is 10.0. The average molecular weight is 283 g/mol. The van der Waals surface area contributed by atoms with Crippen LogP contribution in [0.3, 0.4) is 0 Å². The maximum atomic E-state index is 12.1. The maximum absolute atomic E-state index is 12.1. The summed E-state index contributed by atoms with van der Waals surface area (Å²) < 4.78 is 5.18. The molecule has 0 saturated carbocycles. The predicted molar refractivity (Wildman–Crippen MR) is 66.7 cm³/mol. The summed E-state index contributed by atoms with van der Waals surface area (Å²) in [5, 5.41) is 18.1. The summed E-state index contributed by atoms with van der Waals surface area (Å²) in [4.78, 5) is 28.6. The van der Waals surface area contributed by atoms with Crippen LogP contribution in [0.15, 0.2) is 6.33 Å². The van der Waals surface area contributed by atoms with Crippen LogP contribution >= 0.6 is 0 Å². The first-order chi connectivity index (χ1) is 9.63. The van der Waals surface area contributed by atoms with Gasteiger partial charge in [0.25, 0.3) is 0 Å². The van der Waals surface area contributed by atoms with Crippen molar-refractivity contribution >= 4 is 12.0 Å². The van der Waals surface area contributed by atoms with Crippen molar-refractivity contribution in [1.29, 1.82) is 0 Å². The first-order valence-corrected chi connectivity index (χ1v) is 6.32. The van der Waals surface area contributed by atoms with Crippen molar-refractivity contribution in [2.45, 2.75) is 19.5 Å². The second kappa shape index (κ2) is 6.33. The number of hydrogen-bond acceptors (Lipinski definition) is 5. The fourth-order valence-electron chi connectivity index (χ4n) is 2.19. The molecular formula is C11H17N5O4. The van der Waals surface area contributed by atoms with Crippen LogP contribution in [0.1, 0.15) is 12.7 Å². The molecule has 0 spiro atoms. The largest absolute Gasteiger partial charge is 0.481 e. The van der Waals surface area contributed by atoms with Crippen molar-refractivity contribution in [2.75, 3.05) is 19.8 Å². The lowest BCUT2D eigenvalue weighted by molar-refractivity contribution is -0.142. The smallest absolute Gasteiger partial charge is 0.318 e. The molecule has 20 heavy (non-hydrogen) atoms. The molecule has 0 bridgehead atoms. The van der Waals surface area contributed by atoms with E-state index in [1.54, 1.807) is 6.92 Å². The van der Waals surface area contributed by atoms with Crippen LogP contribution in [0.2, 0.25) is 0 Å². The highest BCUT2D eigenvalue weighted by atomic mass is 16.5. The zero-order valence-electron chi connectivity index (χ0n) is 11.1. The molecule has 9 heteroatoms. The minimum Gasteiger partial charge on any atom is -0.481 e. The summed E-state index contributed by atoms with van der Waals surface area (Å²) in [6.45, 7) is 2.78. The Labute approximate surface area is 115 Å². The number of carboxylic acids is 1. The number of carbonyl (C=O) groups excluding carboxylic acids is 1. The topological polar surface area (TPSA) is 120 Å². The number of nitrogens with one attached hydrogen (secondary N) is 2. The van der Waals surface area contributed by atoms with Gasteiger partial charge in [-0.25, -0.2) is 9.78 Å². The van der Waals surface area contributed by atoms with Gasteiger partial charge in [0.05, 0.1) is 25.8 Å². The Morgan fingerprint density at radius 1 is 1.60 bits per heavy atom. The molecule has 0 aromatic carbocycles. The van der Waals surface area contributed by atoms with Gasteiger partial charge in [-0.15, -0.1) is 0 Å². The highest BCUT2D eigenvalue weighted by Crippen LogP contribution is 2.20. The Morgan fingerprint density at radius 3 is 3.00 bits per heavy atom. The van der Waals surface area contributed by atoms with E-state index < -0.39 is 17.9 Å². The predicted octanol–water partition coefficient (Wildman–Crippen LogP) is -0.564. The molecule has 1 aromatic rings. The second-order valence-corrected chi connectivity index (χ2v) is 4.43. The summed E-state index contributed by atoms with van der Waals surface area (Å²) in [5.41, 5.74) is 0. The third-order valence-electron chi connectivity index (χ3n) is 3.24. The summed E-state index contributed by atoms with van der Waals surface area (Å²) in [6.07, 6.45) is 1.35. The Balaban J connectivity index is 1.96. The van der Waals surface area contributed by atoms with E-state index in [0.717, 1.165) is 0 Å². The molecule has 2 unspecified atom stereocenters. The summed E-state index contributed by atoms with van der Waals surface area (Å²) in [7, 11) is 0. The van der Waals surface area contributed by atoms with Gasteiger partial charge in [0.2, 0.25) is 0 Å². The molecular weight excluding hydrogens is 266 g/mol. The molecule has 0 radical (unpaired) electrons. The van der Waals surface area contributed by atoms with Crippen LogP contribution in [-0.2, 0) is 16.1 Å². The van der Waals surface area contributed by atoms with Crippen molar-refractivity contribution in [3.63, 3.8) is 0 Å². The monoisotopic (exact) mass is 283 g/mol.